The van der Waals surface area contributed by atoms with E-state index in [4.69, 9.17) is 18.9 Å². The molecule has 0 amide bonds. The lowest BCUT2D eigenvalue weighted by Gasteiger charge is -2.42. The second-order valence-corrected chi connectivity index (χ2v) is 7.47. The van der Waals surface area contributed by atoms with Gasteiger partial charge in [0.1, 0.15) is 18.0 Å². The van der Waals surface area contributed by atoms with Gasteiger partial charge in [-0.15, -0.1) is 0 Å². The molecule has 5 nitrogen and oxygen atoms in total. The van der Waals surface area contributed by atoms with Crippen molar-refractivity contribution in [3.63, 3.8) is 0 Å². The summed E-state index contributed by atoms with van der Waals surface area (Å²) in [6, 6.07) is 20.0. The number of hydrogen-bond acceptors (Lipinski definition) is 5. The SMILES string of the molecule is CC[C@H]1O/C(=C/C(=O)OC)[C@@H](OCc2ccccc2)[C@@H](OCc2ccccc2)[C@@H]1C. The standard InChI is InChI=1S/C25H30O5/c1-4-21-18(2)24(28-16-19-11-7-5-8-12-19)25(22(30-21)15-23(26)27-3)29-17-20-13-9-6-10-14-20/h5-15,18,21,24-25H,4,16-17H2,1-3H3/b22-15+/t18-,21-,24+,25-/m1/s1. The summed E-state index contributed by atoms with van der Waals surface area (Å²) >= 11 is 0. The van der Waals surface area contributed by atoms with Crippen molar-refractivity contribution in [2.45, 2.75) is 51.8 Å². The quantitative estimate of drug-likeness (QED) is 0.468. The van der Waals surface area contributed by atoms with Crippen LogP contribution in [0.25, 0.3) is 0 Å². The molecule has 160 valence electrons. The molecule has 1 aliphatic heterocycles. The molecule has 0 bridgehead atoms. The molecule has 0 unspecified atom stereocenters. The molecule has 1 fully saturated rings. The number of carbonyl (C=O) groups is 1. The molecule has 2 aromatic rings. The van der Waals surface area contributed by atoms with E-state index in [0.717, 1.165) is 17.5 Å². The second kappa shape index (κ2) is 11.0. The summed E-state index contributed by atoms with van der Waals surface area (Å²) in [5.41, 5.74) is 2.13. The molecule has 3 rings (SSSR count). The highest BCUT2D eigenvalue weighted by Crippen LogP contribution is 2.35. The Kier molecular flexibility index (Phi) is 8.05. The van der Waals surface area contributed by atoms with Crippen LogP contribution in [0.15, 0.2) is 72.5 Å². The summed E-state index contributed by atoms with van der Waals surface area (Å²) in [5.74, 6) is 0.0830. The van der Waals surface area contributed by atoms with E-state index in [2.05, 4.69) is 13.8 Å². The number of benzene rings is 2. The summed E-state index contributed by atoms with van der Waals surface area (Å²) in [7, 11) is 1.35. The number of carbonyl (C=O) groups excluding carboxylic acids is 1. The fraction of sp³-hybridized carbons (Fsp3) is 0.400. The summed E-state index contributed by atoms with van der Waals surface area (Å²) in [6.07, 6.45) is 1.34. The molecule has 0 spiro atoms. The van der Waals surface area contributed by atoms with Gasteiger partial charge < -0.3 is 18.9 Å². The molecule has 1 heterocycles. The lowest BCUT2D eigenvalue weighted by Crippen LogP contribution is -2.49. The number of hydrogen-bond donors (Lipinski definition) is 0. The fourth-order valence-electron chi connectivity index (χ4n) is 3.69. The van der Waals surface area contributed by atoms with Crippen molar-refractivity contribution in [1.82, 2.24) is 0 Å². The monoisotopic (exact) mass is 410 g/mol. The van der Waals surface area contributed by atoms with Crippen molar-refractivity contribution in [3.05, 3.63) is 83.6 Å². The topological polar surface area (TPSA) is 54.0 Å². The lowest BCUT2D eigenvalue weighted by atomic mass is 9.88. The summed E-state index contributed by atoms with van der Waals surface area (Å²) < 4.78 is 23.6. The molecular formula is C25H30O5. The van der Waals surface area contributed by atoms with E-state index in [9.17, 15) is 4.79 Å². The first-order valence-corrected chi connectivity index (χ1v) is 10.4. The minimum atomic E-state index is -0.509. The van der Waals surface area contributed by atoms with E-state index in [1.165, 1.54) is 13.2 Å². The molecular weight excluding hydrogens is 380 g/mol. The van der Waals surface area contributed by atoms with Gasteiger partial charge >= 0.3 is 5.97 Å². The molecule has 0 aliphatic carbocycles. The van der Waals surface area contributed by atoms with Crippen LogP contribution in [0.3, 0.4) is 0 Å². The van der Waals surface area contributed by atoms with Crippen molar-refractivity contribution in [2.75, 3.05) is 7.11 Å². The Hall–Kier alpha value is -2.63. The van der Waals surface area contributed by atoms with Crippen LogP contribution in [0.2, 0.25) is 0 Å². The molecule has 1 saturated heterocycles. The van der Waals surface area contributed by atoms with Crippen molar-refractivity contribution >= 4 is 5.97 Å². The van der Waals surface area contributed by atoms with Crippen LogP contribution in [-0.2, 0) is 37.0 Å². The highest BCUT2D eigenvalue weighted by atomic mass is 16.6. The number of ether oxygens (including phenoxy) is 4. The lowest BCUT2D eigenvalue weighted by molar-refractivity contribution is -0.168. The average molecular weight is 411 g/mol. The summed E-state index contributed by atoms with van der Waals surface area (Å²) in [5, 5.41) is 0. The van der Waals surface area contributed by atoms with Gasteiger partial charge in [-0.1, -0.05) is 74.5 Å². The minimum Gasteiger partial charge on any atom is -0.491 e. The minimum absolute atomic E-state index is 0.0711. The van der Waals surface area contributed by atoms with Crippen LogP contribution >= 0.6 is 0 Å². The zero-order valence-corrected chi connectivity index (χ0v) is 17.8. The van der Waals surface area contributed by atoms with Gasteiger partial charge in [0, 0.05) is 5.92 Å². The predicted octanol–water partition coefficient (Wildman–Crippen LogP) is 4.66. The number of esters is 1. The average Bonchev–Trinajstić information content (AvgIpc) is 2.79. The van der Waals surface area contributed by atoms with Gasteiger partial charge in [-0.25, -0.2) is 4.79 Å². The van der Waals surface area contributed by atoms with E-state index in [0.29, 0.717) is 19.0 Å². The normalized spacial score (nSPS) is 25.0. The maximum atomic E-state index is 12.0. The highest BCUT2D eigenvalue weighted by Gasteiger charge is 2.42. The van der Waals surface area contributed by atoms with Crippen LogP contribution in [0.5, 0.6) is 0 Å². The molecule has 0 saturated carbocycles. The first-order valence-electron chi connectivity index (χ1n) is 10.4. The van der Waals surface area contributed by atoms with Crippen molar-refractivity contribution in [3.8, 4) is 0 Å². The van der Waals surface area contributed by atoms with E-state index in [1.54, 1.807) is 0 Å². The zero-order valence-electron chi connectivity index (χ0n) is 17.8. The van der Waals surface area contributed by atoms with Crippen LogP contribution in [0.4, 0.5) is 0 Å². The molecule has 5 heteroatoms. The predicted molar refractivity (Wildman–Crippen MR) is 114 cm³/mol. The third-order valence-electron chi connectivity index (χ3n) is 5.39. The number of methoxy groups -OCH3 is 1. The molecule has 0 radical (unpaired) electrons. The molecule has 2 aromatic carbocycles. The van der Waals surface area contributed by atoms with Gasteiger partial charge in [-0.05, 0) is 17.5 Å². The largest absolute Gasteiger partial charge is 0.491 e. The maximum Gasteiger partial charge on any atom is 0.333 e. The van der Waals surface area contributed by atoms with Gasteiger partial charge in [-0.3, -0.25) is 0 Å². The van der Waals surface area contributed by atoms with Crippen LogP contribution < -0.4 is 0 Å². The fourth-order valence-corrected chi connectivity index (χ4v) is 3.69. The van der Waals surface area contributed by atoms with Gasteiger partial charge in [0.25, 0.3) is 0 Å². The van der Waals surface area contributed by atoms with E-state index < -0.39 is 12.1 Å². The van der Waals surface area contributed by atoms with Gasteiger partial charge in [-0.2, -0.15) is 0 Å². The number of rotatable bonds is 8. The highest BCUT2D eigenvalue weighted by molar-refractivity contribution is 5.82. The molecule has 4 atom stereocenters. The molecule has 1 aliphatic rings. The zero-order chi connectivity index (χ0) is 21.3. The smallest absolute Gasteiger partial charge is 0.333 e. The molecule has 30 heavy (non-hydrogen) atoms. The van der Waals surface area contributed by atoms with Crippen LogP contribution in [0.1, 0.15) is 31.4 Å². The Morgan fingerprint density at radius 2 is 1.53 bits per heavy atom. The Labute approximate surface area is 178 Å². The Morgan fingerprint density at radius 3 is 2.07 bits per heavy atom. The first-order chi connectivity index (χ1) is 14.6. The second-order valence-electron chi connectivity index (χ2n) is 7.47. The summed E-state index contributed by atoms with van der Waals surface area (Å²) in [4.78, 5) is 12.0. The van der Waals surface area contributed by atoms with Crippen molar-refractivity contribution in [2.24, 2.45) is 5.92 Å². The van der Waals surface area contributed by atoms with Gasteiger partial charge in [0.15, 0.2) is 0 Å². The third-order valence-corrected chi connectivity index (χ3v) is 5.39. The van der Waals surface area contributed by atoms with Crippen molar-refractivity contribution in [1.29, 1.82) is 0 Å². The van der Waals surface area contributed by atoms with E-state index in [-0.39, 0.29) is 18.1 Å². The third kappa shape index (κ3) is 5.71. The molecule has 0 aromatic heterocycles. The van der Waals surface area contributed by atoms with Gasteiger partial charge in [0.2, 0.25) is 0 Å². The van der Waals surface area contributed by atoms with Crippen molar-refractivity contribution < 1.29 is 23.7 Å². The molecule has 0 N–H and O–H groups in total. The Morgan fingerprint density at radius 1 is 0.967 bits per heavy atom. The van der Waals surface area contributed by atoms with Crippen LogP contribution in [-0.4, -0.2) is 31.4 Å². The Balaban J connectivity index is 1.84. The van der Waals surface area contributed by atoms with Gasteiger partial charge in [0.05, 0.1) is 32.5 Å². The van der Waals surface area contributed by atoms with Crippen LogP contribution in [0, 0.1) is 5.92 Å². The maximum absolute atomic E-state index is 12.0. The first kappa shape index (κ1) is 22.1. The van der Waals surface area contributed by atoms with E-state index >= 15 is 0 Å². The van der Waals surface area contributed by atoms with E-state index in [1.807, 2.05) is 60.7 Å². The summed E-state index contributed by atoms with van der Waals surface area (Å²) in [6.45, 7) is 5.03. The Bertz CT molecular complexity index is 818.